The van der Waals surface area contributed by atoms with E-state index in [-0.39, 0.29) is 0 Å². The molecule has 3 N–H and O–H groups in total. The van der Waals surface area contributed by atoms with Crippen LogP contribution in [-0.4, -0.2) is 52.9 Å². The minimum atomic E-state index is 0.776. The predicted molar refractivity (Wildman–Crippen MR) is 158 cm³/mol. The van der Waals surface area contributed by atoms with E-state index in [1.807, 2.05) is 11.8 Å². The summed E-state index contributed by atoms with van der Waals surface area (Å²) in [5.41, 5.74) is 8.04. The lowest BCUT2D eigenvalue weighted by Gasteiger charge is -2.26. The first-order valence-corrected chi connectivity index (χ1v) is 14.9. The topological polar surface area (TPSA) is 69.0 Å². The third-order valence-corrected chi connectivity index (χ3v) is 8.56. The highest BCUT2D eigenvalue weighted by Gasteiger charge is 2.21. The minimum Gasteiger partial charge on any atom is -0.497 e. The quantitative estimate of drug-likeness (QED) is 0.265. The predicted octanol–water partition coefficient (Wildman–Crippen LogP) is 6.43. The van der Waals surface area contributed by atoms with Gasteiger partial charge in [-0.05, 0) is 55.6 Å². The summed E-state index contributed by atoms with van der Waals surface area (Å²) in [5, 5.41) is 11.5. The van der Waals surface area contributed by atoms with Crippen LogP contribution in [0.3, 0.4) is 0 Å². The van der Waals surface area contributed by atoms with Gasteiger partial charge in [0.15, 0.2) is 0 Å². The Balaban J connectivity index is 1.07. The van der Waals surface area contributed by atoms with E-state index in [9.17, 15) is 0 Å². The van der Waals surface area contributed by atoms with E-state index >= 15 is 0 Å². The third kappa shape index (κ3) is 6.17. The number of nitrogens with one attached hydrogen (secondary N) is 3. The molecule has 1 aromatic carbocycles. The molecule has 0 atom stereocenters. The molecule has 0 amide bonds. The monoisotopic (exact) mass is 527 g/mol. The molecular weight excluding hydrogens is 490 g/mol. The zero-order valence-corrected chi connectivity index (χ0v) is 22.8. The molecule has 1 saturated heterocycles. The van der Waals surface area contributed by atoms with E-state index in [2.05, 4.69) is 81.0 Å². The van der Waals surface area contributed by atoms with Gasteiger partial charge < -0.3 is 19.9 Å². The van der Waals surface area contributed by atoms with Gasteiger partial charge in [0.2, 0.25) is 0 Å². The van der Waals surface area contributed by atoms with E-state index in [0.717, 1.165) is 73.4 Å². The molecule has 3 aliphatic rings. The lowest BCUT2D eigenvalue weighted by Crippen LogP contribution is -2.31. The fourth-order valence-corrected chi connectivity index (χ4v) is 6.46. The van der Waals surface area contributed by atoms with Gasteiger partial charge in [0.25, 0.3) is 0 Å². The zero-order valence-electron chi connectivity index (χ0n) is 22.0. The number of ether oxygens (including phenoxy) is 1. The molecule has 4 heterocycles. The Hall–Kier alpha value is -3.00. The summed E-state index contributed by atoms with van der Waals surface area (Å²) in [5.74, 6) is 1.95. The van der Waals surface area contributed by atoms with E-state index in [0.29, 0.717) is 0 Å². The maximum atomic E-state index is 6.20. The summed E-state index contributed by atoms with van der Waals surface area (Å²) < 4.78 is 6.20. The second-order valence-corrected chi connectivity index (χ2v) is 11.4. The number of fused-ring (bicyclic) bond motifs is 2. The summed E-state index contributed by atoms with van der Waals surface area (Å²) in [6.45, 7) is 6.15. The van der Waals surface area contributed by atoms with Gasteiger partial charge in [-0.15, -0.1) is 11.8 Å². The number of hydrogen-bond donors (Lipinski definition) is 3. The van der Waals surface area contributed by atoms with Crippen LogP contribution in [0.15, 0.2) is 53.1 Å². The Kier molecular flexibility index (Phi) is 8.15. The Morgan fingerprint density at radius 1 is 1.03 bits per heavy atom. The van der Waals surface area contributed by atoms with Crippen molar-refractivity contribution in [3.63, 3.8) is 0 Å². The zero-order chi connectivity index (χ0) is 25.6. The molecule has 2 aliphatic heterocycles. The molecule has 6 nitrogen and oxygen atoms in total. The summed E-state index contributed by atoms with van der Waals surface area (Å²) in [6, 6.07) is 12.7. The number of rotatable bonds is 10. The Morgan fingerprint density at radius 3 is 2.82 bits per heavy atom. The third-order valence-electron chi connectivity index (χ3n) is 7.49. The fraction of sp³-hybridized carbons (Fsp3) is 0.387. The van der Waals surface area contributed by atoms with Crippen molar-refractivity contribution in [1.29, 1.82) is 0 Å². The molecule has 198 valence electrons. The van der Waals surface area contributed by atoms with Gasteiger partial charge >= 0.3 is 0 Å². The summed E-state index contributed by atoms with van der Waals surface area (Å²) in [7, 11) is 0. The van der Waals surface area contributed by atoms with Crippen LogP contribution in [0.25, 0.3) is 29.6 Å². The van der Waals surface area contributed by atoms with Crippen molar-refractivity contribution in [2.45, 2.75) is 44.4 Å². The van der Waals surface area contributed by atoms with Crippen molar-refractivity contribution in [1.82, 2.24) is 25.4 Å². The first-order valence-electron chi connectivity index (χ1n) is 13.9. The fourth-order valence-electron chi connectivity index (χ4n) is 5.43. The highest BCUT2D eigenvalue weighted by atomic mass is 32.2. The van der Waals surface area contributed by atoms with Gasteiger partial charge in [0.05, 0.1) is 18.0 Å². The lowest BCUT2D eigenvalue weighted by molar-refractivity contribution is 0.169. The molecule has 2 aromatic heterocycles. The number of likely N-dealkylation sites (tertiary alicyclic amines) is 1. The molecule has 0 saturated carbocycles. The molecule has 6 rings (SSSR count). The first-order chi connectivity index (χ1) is 18.8. The van der Waals surface area contributed by atoms with Gasteiger partial charge in [0.1, 0.15) is 11.5 Å². The number of allylic oxidation sites excluding steroid dienone is 1. The van der Waals surface area contributed by atoms with E-state index in [1.54, 1.807) is 0 Å². The highest BCUT2D eigenvalue weighted by Crippen LogP contribution is 2.37. The van der Waals surface area contributed by atoms with Crippen LogP contribution in [-0.2, 0) is 17.0 Å². The van der Waals surface area contributed by atoms with E-state index in [4.69, 9.17) is 9.84 Å². The summed E-state index contributed by atoms with van der Waals surface area (Å²) in [4.78, 5) is 7.53. The van der Waals surface area contributed by atoms with Gasteiger partial charge in [0, 0.05) is 54.0 Å². The number of aromatic amines is 2. The first kappa shape index (κ1) is 25.3. The normalized spacial score (nSPS) is 17.4. The second kappa shape index (κ2) is 12.2. The molecule has 0 unspecified atom stereocenters. The maximum absolute atomic E-state index is 6.20. The average molecular weight is 528 g/mol. The maximum Gasteiger partial charge on any atom is 0.113 e. The van der Waals surface area contributed by atoms with E-state index < -0.39 is 0 Å². The number of piperidine rings is 1. The average Bonchev–Trinajstić information content (AvgIpc) is 3.50. The molecule has 0 bridgehead atoms. The van der Waals surface area contributed by atoms with Crippen LogP contribution in [0.1, 0.15) is 60.2 Å². The van der Waals surface area contributed by atoms with Crippen LogP contribution in [0.2, 0.25) is 0 Å². The largest absolute Gasteiger partial charge is 0.497 e. The number of H-pyrrole nitrogens is 2. The lowest BCUT2D eigenvalue weighted by atomic mass is 10.1. The van der Waals surface area contributed by atoms with Gasteiger partial charge in [-0.1, -0.05) is 48.9 Å². The van der Waals surface area contributed by atoms with Crippen LogP contribution >= 0.6 is 11.8 Å². The molecule has 7 heteroatoms. The molecule has 3 aromatic rings. The highest BCUT2D eigenvalue weighted by molar-refractivity contribution is 8.02. The van der Waals surface area contributed by atoms with Gasteiger partial charge in [-0.2, -0.15) is 5.10 Å². The Bertz CT molecular complexity index is 1310. The van der Waals surface area contributed by atoms with Crippen molar-refractivity contribution in [2.24, 2.45) is 0 Å². The number of nitrogens with zero attached hydrogens (tertiary/aromatic N) is 2. The number of aromatic nitrogens is 3. The SMILES string of the molecule is C1=Cc2cc(-c3n[nH]c4c3CSC(CNCc3ccccc3)=C4)[nH]c2C=C(OCCCN2CCCCC2)C1. The van der Waals surface area contributed by atoms with Crippen LogP contribution < -0.4 is 5.32 Å². The van der Waals surface area contributed by atoms with E-state index in [1.165, 1.54) is 53.9 Å². The van der Waals surface area contributed by atoms with Gasteiger partial charge in [-0.25, -0.2) is 0 Å². The van der Waals surface area contributed by atoms with Gasteiger partial charge in [-0.3, -0.25) is 5.10 Å². The van der Waals surface area contributed by atoms with Crippen LogP contribution in [0.5, 0.6) is 0 Å². The molecule has 1 fully saturated rings. The Morgan fingerprint density at radius 2 is 1.92 bits per heavy atom. The van der Waals surface area contributed by atoms with Crippen LogP contribution in [0, 0.1) is 0 Å². The van der Waals surface area contributed by atoms with Crippen molar-refractivity contribution in [3.8, 4) is 11.4 Å². The molecule has 0 spiro atoms. The molecule has 38 heavy (non-hydrogen) atoms. The van der Waals surface area contributed by atoms with Crippen molar-refractivity contribution < 1.29 is 4.74 Å². The summed E-state index contributed by atoms with van der Waals surface area (Å²) in [6.07, 6.45) is 14.8. The Labute approximate surface area is 229 Å². The van der Waals surface area contributed by atoms with Crippen LogP contribution in [0.4, 0.5) is 0 Å². The summed E-state index contributed by atoms with van der Waals surface area (Å²) >= 11 is 1.89. The minimum absolute atomic E-state index is 0.776. The van der Waals surface area contributed by atoms with Crippen molar-refractivity contribution in [2.75, 3.05) is 32.8 Å². The van der Waals surface area contributed by atoms with Crippen molar-refractivity contribution in [3.05, 3.63) is 81.2 Å². The molecule has 1 aliphatic carbocycles. The smallest absolute Gasteiger partial charge is 0.113 e. The number of hydrogen-bond acceptors (Lipinski definition) is 5. The standard InChI is InChI=1S/C31H37N5OS/c1-3-9-23(10-4-1)20-32-21-26-19-29-27(22-38-26)31(35-34-29)30-17-24-11-7-12-25(18-28(24)33-30)37-16-8-15-36-13-5-2-6-14-36/h1,3-4,7,9-11,17-19,32-33H,2,5-6,8,12-16,20-22H2,(H,34,35). The number of benzene rings is 1. The number of thioether (sulfide) groups is 1. The van der Waals surface area contributed by atoms with Crippen molar-refractivity contribution >= 4 is 30.0 Å². The molecule has 0 radical (unpaired) electrons. The second-order valence-electron chi connectivity index (χ2n) is 10.3. The molecular formula is C31H37N5OS.